The van der Waals surface area contributed by atoms with Gasteiger partial charge in [0, 0.05) is 11.1 Å². The molecule has 10 nitrogen and oxygen atoms in total. The van der Waals surface area contributed by atoms with Crippen LogP contribution in [0.3, 0.4) is 0 Å². The van der Waals surface area contributed by atoms with E-state index in [0.29, 0.717) is 32.9 Å². The van der Waals surface area contributed by atoms with Gasteiger partial charge in [0.1, 0.15) is 11.5 Å². The van der Waals surface area contributed by atoms with Gasteiger partial charge in [-0.2, -0.15) is 0 Å². The zero-order valence-electron chi connectivity index (χ0n) is 23.7. The van der Waals surface area contributed by atoms with Gasteiger partial charge in [-0.3, -0.25) is 0 Å². The molecule has 46 heavy (non-hydrogen) atoms. The van der Waals surface area contributed by atoms with Gasteiger partial charge in [-0.25, -0.2) is 29.1 Å². The minimum absolute atomic E-state index is 0.148. The number of ether oxygens (including phenoxy) is 2. The Morgan fingerprint density at radius 1 is 0.478 bits per heavy atom. The first-order valence-electron chi connectivity index (χ1n) is 14.0. The van der Waals surface area contributed by atoms with E-state index in [-0.39, 0.29) is 34.4 Å². The van der Waals surface area contributed by atoms with Crippen LogP contribution in [0, 0.1) is 0 Å². The Labute approximate surface area is 259 Å². The number of hydrogen-bond acceptors (Lipinski definition) is 10. The Morgan fingerprint density at radius 3 is 1.24 bits per heavy atom. The minimum Gasteiger partial charge on any atom is -0.423 e. The van der Waals surface area contributed by atoms with E-state index in [1.165, 1.54) is 24.3 Å². The zero-order valence-corrected chi connectivity index (χ0v) is 23.7. The molecule has 0 fully saturated rings. The van der Waals surface area contributed by atoms with Crippen LogP contribution in [-0.4, -0.2) is 21.9 Å². The summed E-state index contributed by atoms with van der Waals surface area (Å²) in [6, 6.07) is 32.3. The van der Waals surface area contributed by atoms with Gasteiger partial charge in [-0.1, -0.05) is 24.3 Å². The Bertz CT molecular complexity index is 2210. The van der Waals surface area contributed by atoms with Crippen molar-refractivity contribution in [1.29, 1.82) is 0 Å². The van der Waals surface area contributed by atoms with Crippen LogP contribution >= 0.6 is 0 Å². The number of nitrogens with zero attached hydrogens (tertiary/aromatic N) is 2. The summed E-state index contributed by atoms with van der Waals surface area (Å²) in [7, 11) is 0. The van der Waals surface area contributed by atoms with Crippen LogP contribution in [0.1, 0.15) is 20.7 Å². The molecule has 0 saturated carbocycles. The molecule has 0 bridgehead atoms. The molecule has 0 unspecified atom stereocenters. The van der Waals surface area contributed by atoms with Crippen molar-refractivity contribution in [1.82, 2.24) is 9.97 Å². The van der Waals surface area contributed by atoms with E-state index in [4.69, 9.17) is 18.3 Å². The number of hydrogen-bond donors (Lipinski definition) is 0. The largest absolute Gasteiger partial charge is 0.423 e. The van der Waals surface area contributed by atoms with E-state index in [2.05, 4.69) is 9.97 Å². The van der Waals surface area contributed by atoms with Crippen molar-refractivity contribution in [2.45, 2.75) is 0 Å². The number of para-hydroxylation sites is 2. The van der Waals surface area contributed by atoms with Gasteiger partial charge >= 0.3 is 23.2 Å². The van der Waals surface area contributed by atoms with E-state index in [1.54, 1.807) is 97.1 Å². The monoisotopic (exact) mass is 608 g/mol. The summed E-state index contributed by atoms with van der Waals surface area (Å²) >= 11 is 0. The number of carbonyl (C=O) groups is 2. The highest BCUT2D eigenvalue weighted by Gasteiger charge is 2.15. The van der Waals surface area contributed by atoms with Crippen molar-refractivity contribution < 1.29 is 27.9 Å². The van der Waals surface area contributed by atoms with Crippen molar-refractivity contribution in [2.24, 2.45) is 0 Å². The lowest BCUT2D eigenvalue weighted by atomic mass is 10.1. The van der Waals surface area contributed by atoms with Crippen LogP contribution in [0.25, 0.3) is 44.7 Å². The molecule has 7 rings (SSSR count). The number of aromatic nitrogens is 2. The van der Waals surface area contributed by atoms with Crippen LogP contribution in [0.2, 0.25) is 0 Å². The Hall–Kier alpha value is -6.68. The number of carbonyl (C=O) groups excluding carboxylic acids is 2. The third kappa shape index (κ3) is 5.65. The van der Waals surface area contributed by atoms with Crippen molar-refractivity contribution in [3.8, 4) is 34.4 Å². The molecule has 2 heterocycles. The average molecular weight is 609 g/mol. The Balaban J connectivity index is 0.986. The van der Waals surface area contributed by atoms with E-state index < -0.39 is 23.2 Å². The predicted molar refractivity (Wildman–Crippen MR) is 168 cm³/mol. The predicted octanol–water partition coefficient (Wildman–Crippen LogP) is 6.46. The second-order valence-corrected chi connectivity index (χ2v) is 10.1. The van der Waals surface area contributed by atoms with Crippen LogP contribution in [-0.2, 0) is 0 Å². The van der Waals surface area contributed by atoms with E-state index in [0.717, 1.165) is 0 Å². The second kappa shape index (κ2) is 11.8. The van der Waals surface area contributed by atoms with Crippen LogP contribution in [0.15, 0.2) is 140 Å². The molecule has 0 N–H and O–H groups in total. The summed E-state index contributed by atoms with van der Waals surface area (Å²) < 4.78 is 21.6. The van der Waals surface area contributed by atoms with Crippen LogP contribution < -0.4 is 20.7 Å². The topological polar surface area (TPSA) is 139 Å². The first-order valence-corrected chi connectivity index (χ1v) is 14.0. The van der Waals surface area contributed by atoms with Crippen LogP contribution in [0.4, 0.5) is 0 Å². The smallest absolute Gasteiger partial charge is 0.347 e. The van der Waals surface area contributed by atoms with E-state index >= 15 is 0 Å². The molecule has 0 spiro atoms. The summed E-state index contributed by atoms with van der Waals surface area (Å²) in [6.07, 6.45) is 0. The minimum atomic E-state index is -0.632. The normalized spacial score (nSPS) is 11.0. The molecule has 0 radical (unpaired) electrons. The van der Waals surface area contributed by atoms with Gasteiger partial charge in [-0.15, -0.1) is 0 Å². The number of esters is 2. The van der Waals surface area contributed by atoms with Gasteiger partial charge in [0.15, 0.2) is 0 Å². The molecule has 2 aromatic heterocycles. The van der Waals surface area contributed by atoms with Crippen molar-refractivity contribution in [3.63, 3.8) is 0 Å². The third-order valence-corrected chi connectivity index (χ3v) is 7.05. The highest BCUT2D eigenvalue weighted by Crippen LogP contribution is 2.24. The maximum absolute atomic E-state index is 12.7. The molecule has 0 aliphatic heterocycles. The molecule has 0 aliphatic rings. The highest BCUT2D eigenvalue weighted by atomic mass is 16.5. The van der Waals surface area contributed by atoms with Crippen molar-refractivity contribution >= 4 is 33.7 Å². The Kier molecular flexibility index (Phi) is 7.20. The average Bonchev–Trinajstić information content (AvgIpc) is 3.09. The fraction of sp³-hybridized carbons (Fsp3) is 0. The van der Waals surface area contributed by atoms with Gasteiger partial charge in [-0.05, 0) is 97.1 Å². The third-order valence-electron chi connectivity index (χ3n) is 7.05. The highest BCUT2D eigenvalue weighted by molar-refractivity contribution is 5.95. The molecule has 0 amide bonds. The lowest BCUT2D eigenvalue weighted by Gasteiger charge is -2.08. The SMILES string of the molecule is O=C(Oc1ccc(-c2nc3ccccc3c(=O)o2)cc1)c1ccc(C(=O)Oc2ccc(-c3nc4ccccc4c(=O)o3)cc2)cc1. The van der Waals surface area contributed by atoms with Gasteiger partial charge in [0.25, 0.3) is 0 Å². The van der Waals surface area contributed by atoms with Gasteiger partial charge in [0.2, 0.25) is 11.8 Å². The maximum atomic E-state index is 12.7. The van der Waals surface area contributed by atoms with E-state index in [9.17, 15) is 19.2 Å². The lowest BCUT2D eigenvalue weighted by Crippen LogP contribution is -2.11. The summed E-state index contributed by atoms with van der Waals surface area (Å²) in [5.74, 6) is -0.435. The molecule has 10 heteroatoms. The standard InChI is InChI=1S/C36H20N2O8/c39-33(43-25-17-13-21(14-18-25)31-37-29-7-3-1-5-27(29)35(41)45-31)23-9-11-24(12-10-23)34(40)44-26-19-15-22(16-20-26)32-38-30-8-4-2-6-28(30)36(42)46-32/h1-20H. The summed E-state index contributed by atoms with van der Waals surface area (Å²) in [5.41, 5.74) is 1.56. The first kappa shape index (κ1) is 28.1. The summed E-state index contributed by atoms with van der Waals surface area (Å²) in [4.78, 5) is 58.8. The van der Waals surface area contributed by atoms with Crippen molar-refractivity contribution in [3.05, 3.63) is 153 Å². The van der Waals surface area contributed by atoms with Gasteiger partial charge < -0.3 is 18.3 Å². The quantitative estimate of drug-likeness (QED) is 0.153. The molecular formula is C36H20N2O8. The molecule has 5 aromatic carbocycles. The lowest BCUT2D eigenvalue weighted by molar-refractivity contribution is 0.0720. The molecular weight excluding hydrogens is 588 g/mol. The maximum Gasteiger partial charge on any atom is 0.347 e. The molecule has 0 saturated heterocycles. The van der Waals surface area contributed by atoms with Gasteiger partial charge in [0.05, 0.1) is 32.9 Å². The first-order chi connectivity index (χ1) is 22.4. The molecule has 7 aromatic rings. The molecule has 0 aliphatic carbocycles. The molecule has 0 atom stereocenters. The second-order valence-electron chi connectivity index (χ2n) is 10.1. The number of rotatable bonds is 6. The number of benzene rings is 5. The Morgan fingerprint density at radius 2 is 0.848 bits per heavy atom. The fourth-order valence-electron chi connectivity index (χ4n) is 4.69. The molecule has 222 valence electrons. The van der Waals surface area contributed by atoms with Crippen LogP contribution in [0.5, 0.6) is 11.5 Å². The zero-order chi connectivity index (χ0) is 31.6. The summed E-state index contributed by atoms with van der Waals surface area (Å²) in [5, 5.41) is 0.773. The van der Waals surface area contributed by atoms with Crippen molar-refractivity contribution in [2.75, 3.05) is 0 Å². The summed E-state index contributed by atoms with van der Waals surface area (Å²) in [6.45, 7) is 0. The van der Waals surface area contributed by atoms with E-state index in [1.807, 2.05) is 0 Å². The fourth-order valence-corrected chi connectivity index (χ4v) is 4.69. The number of fused-ring (bicyclic) bond motifs is 2.